The summed E-state index contributed by atoms with van der Waals surface area (Å²) in [5.74, 6) is 0. The van der Waals surface area contributed by atoms with Crippen molar-refractivity contribution in [3.8, 4) is 0 Å². The SMILES string of the molecule is CCO[C@H]1C[C@@H](O)C12CCN(C(=O)NCCc1ccc(C)cc1)CC2. The number of hydrogen-bond acceptors (Lipinski definition) is 3. The van der Waals surface area contributed by atoms with E-state index in [0.29, 0.717) is 26.2 Å². The van der Waals surface area contributed by atoms with E-state index < -0.39 is 0 Å². The Hall–Kier alpha value is -1.59. The second-order valence-corrected chi connectivity index (χ2v) is 7.38. The zero-order valence-electron chi connectivity index (χ0n) is 15.3. The Morgan fingerprint density at radius 3 is 2.60 bits per heavy atom. The first kappa shape index (κ1) is 18.2. The standard InChI is InChI=1S/C20H30N2O3/c1-3-25-18-14-17(23)20(18)9-12-22(13-10-20)19(24)21-11-8-16-6-4-15(2)5-7-16/h4-7,17-18,23H,3,8-14H2,1-2H3,(H,21,24)/t17-,18+/m1/s1. The van der Waals surface area contributed by atoms with Crippen molar-refractivity contribution in [2.75, 3.05) is 26.2 Å². The van der Waals surface area contributed by atoms with Crippen LogP contribution in [0.4, 0.5) is 4.79 Å². The molecule has 5 nitrogen and oxygen atoms in total. The summed E-state index contributed by atoms with van der Waals surface area (Å²) in [5.41, 5.74) is 2.36. The van der Waals surface area contributed by atoms with E-state index in [1.54, 1.807) is 0 Å². The van der Waals surface area contributed by atoms with Gasteiger partial charge in [0.2, 0.25) is 0 Å². The van der Waals surface area contributed by atoms with Crippen LogP contribution >= 0.6 is 0 Å². The summed E-state index contributed by atoms with van der Waals surface area (Å²) in [6.07, 6.45) is 3.09. The minimum Gasteiger partial charge on any atom is -0.392 e. The molecular formula is C20H30N2O3. The summed E-state index contributed by atoms with van der Waals surface area (Å²) < 4.78 is 5.78. The van der Waals surface area contributed by atoms with Crippen LogP contribution in [0.15, 0.2) is 24.3 Å². The van der Waals surface area contributed by atoms with Gasteiger partial charge in [0.05, 0.1) is 12.2 Å². The van der Waals surface area contributed by atoms with Crippen LogP contribution in [0.3, 0.4) is 0 Å². The zero-order valence-corrected chi connectivity index (χ0v) is 15.3. The number of aliphatic hydroxyl groups is 1. The van der Waals surface area contributed by atoms with Gasteiger partial charge in [-0.2, -0.15) is 0 Å². The molecule has 25 heavy (non-hydrogen) atoms. The number of nitrogens with one attached hydrogen (secondary N) is 1. The molecule has 1 saturated heterocycles. The first-order valence-corrected chi connectivity index (χ1v) is 9.43. The predicted octanol–water partition coefficient (Wildman–Crippen LogP) is 2.50. The second kappa shape index (κ2) is 7.75. The van der Waals surface area contributed by atoms with E-state index in [1.807, 2.05) is 11.8 Å². The highest BCUT2D eigenvalue weighted by Gasteiger charge is 2.56. The molecule has 5 heteroatoms. The first-order valence-electron chi connectivity index (χ1n) is 9.43. The molecule has 1 aliphatic carbocycles. The van der Waals surface area contributed by atoms with Gasteiger partial charge in [-0.25, -0.2) is 4.79 Å². The van der Waals surface area contributed by atoms with Crippen LogP contribution in [0.5, 0.6) is 0 Å². The van der Waals surface area contributed by atoms with Gasteiger partial charge in [-0.15, -0.1) is 0 Å². The van der Waals surface area contributed by atoms with Crippen LogP contribution in [0, 0.1) is 12.3 Å². The Morgan fingerprint density at radius 2 is 2.00 bits per heavy atom. The summed E-state index contributed by atoms with van der Waals surface area (Å²) in [4.78, 5) is 14.2. The normalized spacial score (nSPS) is 24.8. The second-order valence-electron chi connectivity index (χ2n) is 7.38. The van der Waals surface area contributed by atoms with E-state index in [0.717, 1.165) is 25.7 Å². The van der Waals surface area contributed by atoms with Crippen LogP contribution in [0.2, 0.25) is 0 Å². The number of carbonyl (C=O) groups excluding carboxylic acids is 1. The van der Waals surface area contributed by atoms with E-state index in [4.69, 9.17) is 4.74 Å². The number of carbonyl (C=O) groups is 1. The van der Waals surface area contributed by atoms with Crippen molar-refractivity contribution in [3.05, 3.63) is 35.4 Å². The van der Waals surface area contributed by atoms with Crippen LogP contribution in [0.1, 0.15) is 37.3 Å². The predicted molar refractivity (Wildman–Crippen MR) is 97.6 cm³/mol. The van der Waals surface area contributed by atoms with Gasteiger partial charge in [0.1, 0.15) is 0 Å². The number of urea groups is 1. The fourth-order valence-corrected chi connectivity index (χ4v) is 4.12. The van der Waals surface area contributed by atoms with Crippen LogP contribution in [-0.2, 0) is 11.2 Å². The van der Waals surface area contributed by atoms with Crippen molar-refractivity contribution >= 4 is 6.03 Å². The van der Waals surface area contributed by atoms with Crippen molar-refractivity contribution in [1.82, 2.24) is 10.2 Å². The zero-order chi connectivity index (χ0) is 17.9. The third-order valence-corrected chi connectivity index (χ3v) is 5.90. The van der Waals surface area contributed by atoms with Crippen molar-refractivity contribution < 1.29 is 14.6 Å². The van der Waals surface area contributed by atoms with Crippen LogP contribution in [-0.4, -0.2) is 54.5 Å². The summed E-state index contributed by atoms with van der Waals surface area (Å²) in [5, 5.41) is 13.3. The Kier molecular flexibility index (Phi) is 5.64. The van der Waals surface area contributed by atoms with Crippen LogP contribution < -0.4 is 5.32 Å². The maximum atomic E-state index is 12.4. The number of rotatable bonds is 5. The topological polar surface area (TPSA) is 61.8 Å². The minimum atomic E-state index is -0.282. The van der Waals surface area contributed by atoms with Gasteiger partial charge in [0.25, 0.3) is 0 Å². The number of hydrogen-bond donors (Lipinski definition) is 2. The quantitative estimate of drug-likeness (QED) is 0.861. The lowest BCUT2D eigenvalue weighted by Gasteiger charge is -2.56. The molecule has 1 aromatic rings. The molecule has 3 rings (SSSR count). The molecule has 0 radical (unpaired) electrons. The molecule has 0 unspecified atom stereocenters. The van der Waals surface area contributed by atoms with Crippen molar-refractivity contribution in [2.24, 2.45) is 5.41 Å². The molecular weight excluding hydrogens is 316 g/mol. The molecule has 2 N–H and O–H groups in total. The molecule has 2 atom stereocenters. The molecule has 0 bridgehead atoms. The molecule has 1 saturated carbocycles. The third-order valence-electron chi connectivity index (χ3n) is 5.90. The molecule has 2 aliphatic rings. The molecule has 2 amide bonds. The fourth-order valence-electron chi connectivity index (χ4n) is 4.12. The molecule has 1 heterocycles. The van der Waals surface area contributed by atoms with Crippen molar-refractivity contribution in [3.63, 3.8) is 0 Å². The number of ether oxygens (including phenoxy) is 1. The summed E-state index contributed by atoms with van der Waals surface area (Å²) in [7, 11) is 0. The Bertz CT molecular complexity index is 577. The van der Waals surface area contributed by atoms with E-state index in [1.165, 1.54) is 11.1 Å². The fraction of sp³-hybridized carbons (Fsp3) is 0.650. The summed E-state index contributed by atoms with van der Waals surface area (Å²) >= 11 is 0. The van der Waals surface area contributed by atoms with E-state index in [2.05, 4.69) is 36.5 Å². The number of amides is 2. The molecule has 0 aromatic heterocycles. The van der Waals surface area contributed by atoms with Gasteiger partial charge in [-0.3, -0.25) is 0 Å². The largest absolute Gasteiger partial charge is 0.392 e. The Morgan fingerprint density at radius 1 is 1.32 bits per heavy atom. The Balaban J connectivity index is 1.43. The maximum Gasteiger partial charge on any atom is 0.317 e. The number of piperidine rings is 1. The van der Waals surface area contributed by atoms with E-state index >= 15 is 0 Å². The lowest BCUT2D eigenvalue weighted by atomic mass is 9.58. The average molecular weight is 346 g/mol. The van der Waals surface area contributed by atoms with Gasteiger partial charge in [0, 0.05) is 38.1 Å². The summed E-state index contributed by atoms with van der Waals surface area (Å²) in [6.45, 7) is 6.78. The minimum absolute atomic E-state index is 0.00346. The smallest absolute Gasteiger partial charge is 0.317 e. The Labute approximate surface area is 150 Å². The number of aryl methyl sites for hydroxylation is 1. The summed E-state index contributed by atoms with van der Waals surface area (Å²) in [6, 6.07) is 8.42. The lowest BCUT2D eigenvalue weighted by molar-refractivity contribution is -0.207. The van der Waals surface area contributed by atoms with Gasteiger partial charge < -0.3 is 20.1 Å². The number of aliphatic hydroxyl groups excluding tert-OH is 1. The molecule has 1 spiro atoms. The molecule has 1 aliphatic heterocycles. The molecule has 1 aromatic carbocycles. The van der Waals surface area contributed by atoms with E-state index in [-0.39, 0.29) is 23.7 Å². The highest BCUT2D eigenvalue weighted by molar-refractivity contribution is 5.74. The number of benzene rings is 1. The van der Waals surface area contributed by atoms with E-state index in [9.17, 15) is 9.90 Å². The monoisotopic (exact) mass is 346 g/mol. The highest BCUT2D eigenvalue weighted by atomic mass is 16.5. The van der Waals surface area contributed by atoms with Crippen molar-refractivity contribution in [2.45, 2.75) is 51.7 Å². The molecule has 138 valence electrons. The number of likely N-dealkylation sites (tertiary alicyclic amines) is 1. The van der Waals surface area contributed by atoms with Gasteiger partial charge >= 0.3 is 6.03 Å². The van der Waals surface area contributed by atoms with Crippen LogP contribution in [0.25, 0.3) is 0 Å². The molecule has 2 fully saturated rings. The number of nitrogens with zero attached hydrogens (tertiary/aromatic N) is 1. The van der Waals surface area contributed by atoms with Gasteiger partial charge in [0.15, 0.2) is 0 Å². The third kappa shape index (κ3) is 3.82. The van der Waals surface area contributed by atoms with Gasteiger partial charge in [-0.1, -0.05) is 29.8 Å². The highest BCUT2D eigenvalue weighted by Crippen LogP contribution is 2.50. The first-order chi connectivity index (χ1) is 12.0. The maximum absolute atomic E-state index is 12.4. The average Bonchev–Trinajstić information content (AvgIpc) is 2.63. The van der Waals surface area contributed by atoms with Crippen molar-refractivity contribution in [1.29, 1.82) is 0 Å². The van der Waals surface area contributed by atoms with Gasteiger partial charge in [-0.05, 0) is 38.7 Å². The lowest BCUT2D eigenvalue weighted by Crippen LogP contribution is -2.63.